The highest BCUT2D eigenvalue weighted by atomic mass is 15.3. The number of hydrogen-bond acceptors (Lipinski definition) is 2. The average Bonchev–Trinajstić information content (AvgIpc) is 2.81. The lowest BCUT2D eigenvalue weighted by molar-refractivity contribution is 0.419. The summed E-state index contributed by atoms with van der Waals surface area (Å²) in [6.45, 7) is 3.08. The Hall–Kier alpha value is -1.61. The lowest BCUT2D eigenvalue weighted by atomic mass is 9.79. The van der Waals surface area contributed by atoms with E-state index < -0.39 is 0 Å². The average molecular weight is 269 g/mol. The third-order valence-electron chi connectivity index (χ3n) is 4.26. The molecular weight excluding hydrogens is 246 g/mol. The summed E-state index contributed by atoms with van der Waals surface area (Å²) in [7, 11) is 1.97. The van der Waals surface area contributed by atoms with E-state index in [0.717, 1.165) is 18.2 Å². The van der Waals surface area contributed by atoms with Crippen LogP contribution in [0.1, 0.15) is 55.0 Å². The summed E-state index contributed by atoms with van der Waals surface area (Å²) < 4.78 is 1.87. The molecule has 20 heavy (non-hydrogen) atoms. The maximum atomic E-state index is 4.57. The van der Waals surface area contributed by atoms with Gasteiger partial charge in [0.15, 0.2) is 0 Å². The molecule has 1 unspecified atom stereocenters. The van der Waals surface area contributed by atoms with E-state index in [1.807, 2.05) is 17.9 Å². The first-order chi connectivity index (χ1) is 9.78. The topological polar surface area (TPSA) is 29.9 Å². The molecular formula is C17H23N3. The molecule has 0 spiro atoms. The normalized spacial score (nSPS) is 16.9. The summed E-state index contributed by atoms with van der Waals surface area (Å²) in [5, 5.41) is 8.12. The van der Waals surface area contributed by atoms with Crippen molar-refractivity contribution in [3.63, 3.8) is 0 Å². The van der Waals surface area contributed by atoms with Gasteiger partial charge in [0.25, 0.3) is 0 Å². The van der Waals surface area contributed by atoms with Crippen LogP contribution in [0.15, 0.2) is 36.5 Å². The van der Waals surface area contributed by atoms with Crippen molar-refractivity contribution < 1.29 is 0 Å². The van der Waals surface area contributed by atoms with Crippen molar-refractivity contribution in [3.8, 4) is 0 Å². The molecule has 1 aliphatic carbocycles. The Morgan fingerprint density at radius 1 is 1.35 bits per heavy atom. The van der Waals surface area contributed by atoms with Crippen LogP contribution in [0.2, 0.25) is 0 Å². The zero-order chi connectivity index (χ0) is 13.9. The molecule has 106 valence electrons. The van der Waals surface area contributed by atoms with Crippen LogP contribution in [-0.2, 0) is 7.05 Å². The Balaban J connectivity index is 1.90. The minimum absolute atomic E-state index is 0.196. The second-order valence-electron chi connectivity index (χ2n) is 5.70. The number of rotatable bonds is 5. The highest BCUT2D eigenvalue weighted by molar-refractivity contribution is 5.33. The highest BCUT2D eigenvalue weighted by Gasteiger charge is 2.21. The maximum absolute atomic E-state index is 4.57. The van der Waals surface area contributed by atoms with Gasteiger partial charge in [-0.1, -0.05) is 37.6 Å². The minimum atomic E-state index is 0.196. The van der Waals surface area contributed by atoms with E-state index >= 15 is 0 Å². The van der Waals surface area contributed by atoms with Gasteiger partial charge in [-0.05, 0) is 42.5 Å². The fourth-order valence-corrected chi connectivity index (χ4v) is 2.92. The van der Waals surface area contributed by atoms with E-state index in [9.17, 15) is 0 Å². The fraction of sp³-hybridized carbons (Fsp3) is 0.471. The molecule has 1 aliphatic rings. The van der Waals surface area contributed by atoms with Crippen molar-refractivity contribution >= 4 is 0 Å². The monoisotopic (exact) mass is 269 g/mol. The molecule has 1 fully saturated rings. The van der Waals surface area contributed by atoms with Gasteiger partial charge >= 0.3 is 0 Å². The van der Waals surface area contributed by atoms with Gasteiger partial charge < -0.3 is 5.32 Å². The van der Waals surface area contributed by atoms with Crippen molar-refractivity contribution in [1.82, 2.24) is 15.1 Å². The van der Waals surface area contributed by atoms with Crippen molar-refractivity contribution in [2.45, 2.75) is 38.1 Å². The zero-order valence-electron chi connectivity index (χ0n) is 12.3. The molecule has 1 aromatic heterocycles. The van der Waals surface area contributed by atoms with Crippen LogP contribution in [-0.4, -0.2) is 16.3 Å². The quantitative estimate of drug-likeness (QED) is 0.901. The lowest BCUT2D eigenvalue weighted by Crippen LogP contribution is -2.23. The second kappa shape index (κ2) is 5.80. The SMILES string of the molecule is CCNC(c1cccc(C2CCC2)c1)c1ccn(C)n1. The van der Waals surface area contributed by atoms with Gasteiger partial charge in [0.1, 0.15) is 0 Å². The second-order valence-corrected chi connectivity index (χ2v) is 5.70. The van der Waals surface area contributed by atoms with Gasteiger partial charge in [0, 0.05) is 13.2 Å². The molecule has 1 N–H and O–H groups in total. The van der Waals surface area contributed by atoms with Crippen molar-refractivity contribution in [3.05, 3.63) is 53.3 Å². The summed E-state index contributed by atoms with van der Waals surface area (Å²) in [6.07, 6.45) is 6.08. The number of aryl methyl sites for hydroxylation is 1. The Labute approximate surface area is 121 Å². The van der Waals surface area contributed by atoms with Gasteiger partial charge in [-0.2, -0.15) is 5.10 Å². The Morgan fingerprint density at radius 2 is 2.20 bits per heavy atom. The molecule has 0 bridgehead atoms. The van der Waals surface area contributed by atoms with E-state index in [0.29, 0.717) is 0 Å². The molecule has 3 heteroatoms. The molecule has 3 nitrogen and oxygen atoms in total. The van der Waals surface area contributed by atoms with E-state index in [4.69, 9.17) is 0 Å². The number of aromatic nitrogens is 2. The van der Waals surface area contributed by atoms with Crippen LogP contribution in [0.3, 0.4) is 0 Å². The molecule has 2 aromatic rings. The van der Waals surface area contributed by atoms with Crippen LogP contribution in [0, 0.1) is 0 Å². The molecule has 1 aromatic carbocycles. The van der Waals surface area contributed by atoms with Gasteiger partial charge in [0.05, 0.1) is 11.7 Å². The van der Waals surface area contributed by atoms with Crippen LogP contribution >= 0.6 is 0 Å². The Bertz CT molecular complexity index is 569. The van der Waals surface area contributed by atoms with Crippen molar-refractivity contribution in [2.24, 2.45) is 7.05 Å². The number of benzene rings is 1. The Morgan fingerprint density at radius 3 is 2.80 bits per heavy atom. The third kappa shape index (κ3) is 2.63. The van der Waals surface area contributed by atoms with Crippen molar-refractivity contribution in [2.75, 3.05) is 6.54 Å². The number of nitrogens with zero attached hydrogens (tertiary/aromatic N) is 2. The smallest absolute Gasteiger partial charge is 0.0839 e. The van der Waals surface area contributed by atoms with Gasteiger partial charge in [-0.15, -0.1) is 0 Å². The molecule has 0 amide bonds. The van der Waals surface area contributed by atoms with Gasteiger partial charge in [-0.25, -0.2) is 0 Å². The van der Waals surface area contributed by atoms with Crippen LogP contribution < -0.4 is 5.32 Å². The fourth-order valence-electron chi connectivity index (χ4n) is 2.92. The standard InChI is InChI=1S/C17H23N3/c1-3-18-17(16-10-11-20(2)19-16)15-9-5-8-14(12-15)13-6-4-7-13/h5,8-13,17-18H,3-4,6-7H2,1-2H3. The van der Waals surface area contributed by atoms with Gasteiger partial charge in [-0.3, -0.25) is 4.68 Å². The predicted molar refractivity (Wildman–Crippen MR) is 81.8 cm³/mol. The van der Waals surface area contributed by atoms with E-state index in [2.05, 4.69) is 47.7 Å². The first-order valence-electron chi connectivity index (χ1n) is 7.60. The van der Waals surface area contributed by atoms with E-state index in [1.165, 1.54) is 30.4 Å². The summed E-state index contributed by atoms with van der Waals surface area (Å²) in [5.74, 6) is 0.779. The van der Waals surface area contributed by atoms with Crippen LogP contribution in [0.5, 0.6) is 0 Å². The predicted octanol–water partition coefficient (Wildman–Crippen LogP) is 3.39. The first kappa shape index (κ1) is 13.4. The largest absolute Gasteiger partial charge is 0.305 e. The highest BCUT2D eigenvalue weighted by Crippen LogP contribution is 2.37. The summed E-state index contributed by atoms with van der Waals surface area (Å²) in [5.41, 5.74) is 3.92. The molecule has 1 atom stereocenters. The number of hydrogen-bond donors (Lipinski definition) is 1. The van der Waals surface area contributed by atoms with Crippen LogP contribution in [0.25, 0.3) is 0 Å². The lowest BCUT2D eigenvalue weighted by Gasteiger charge is -2.27. The number of nitrogens with one attached hydrogen (secondary N) is 1. The van der Waals surface area contributed by atoms with E-state index in [1.54, 1.807) is 0 Å². The molecule has 3 rings (SSSR count). The summed E-state index contributed by atoms with van der Waals surface area (Å²) >= 11 is 0. The molecule has 1 heterocycles. The first-order valence-corrected chi connectivity index (χ1v) is 7.60. The third-order valence-corrected chi connectivity index (χ3v) is 4.26. The molecule has 0 aliphatic heterocycles. The summed E-state index contributed by atoms with van der Waals surface area (Å²) in [6, 6.07) is 11.3. The van der Waals surface area contributed by atoms with Crippen LogP contribution in [0.4, 0.5) is 0 Å². The minimum Gasteiger partial charge on any atom is -0.305 e. The van der Waals surface area contributed by atoms with Gasteiger partial charge in [0.2, 0.25) is 0 Å². The Kier molecular flexibility index (Phi) is 3.88. The van der Waals surface area contributed by atoms with Crippen molar-refractivity contribution in [1.29, 1.82) is 0 Å². The van der Waals surface area contributed by atoms with E-state index in [-0.39, 0.29) is 6.04 Å². The zero-order valence-corrected chi connectivity index (χ0v) is 12.3. The maximum Gasteiger partial charge on any atom is 0.0839 e. The molecule has 0 radical (unpaired) electrons. The summed E-state index contributed by atoms with van der Waals surface area (Å²) in [4.78, 5) is 0. The molecule has 0 saturated heterocycles. The molecule has 1 saturated carbocycles.